The van der Waals surface area contributed by atoms with Crippen LogP contribution in [0.25, 0.3) is 11.1 Å². The first-order valence-electron chi connectivity index (χ1n) is 10.4. The van der Waals surface area contributed by atoms with Crippen LogP contribution < -0.4 is 16.0 Å². The number of ketones is 1. The summed E-state index contributed by atoms with van der Waals surface area (Å²) in [5, 5.41) is 3.51. The lowest BCUT2D eigenvalue weighted by Gasteiger charge is -2.39. The molecule has 0 saturated heterocycles. The van der Waals surface area contributed by atoms with E-state index in [-0.39, 0.29) is 23.8 Å². The summed E-state index contributed by atoms with van der Waals surface area (Å²) in [5.41, 5.74) is 11.1. The Labute approximate surface area is 182 Å². The number of nitrogens with one attached hydrogen (secondary N) is 1. The van der Waals surface area contributed by atoms with Gasteiger partial charge in [-0.3, -0.25) is 9.59 Å². The molecule has 1 aromatic heterocycles. The Kier molecular flexibility index (Phi) is 5.46. The Morgan fingerprint density at radius 3 is 2.35 bits per heavy atom. The largest absolute Gasteiger partial charge is 0.397 e. The van der Waals surface area contributed by atoms with Gasteiger partial charge in [-0.25, -0.2) is 4.98 Å². The van der Waals surface area contributed by atoms with E-state index in [1.807, 2.05) is 53.4 Å². The minimum absolute atomic E-state index is 0.00633. The monoisotopic (exact) mass is 414 g/mol. The molecule has 6 heteroatoms. The predicted molar refractivity (Wildman–Crippen MR) is 124 cm³/mol. The number of Topliss-reactive ketones (excluding diaryl/α,β-unsaturated/α-hetero) is 1. The van der Waals surface area contributed by atoms with E-state index < -0.39 is 0 Å². The van der Waals surface area contributed by atoms with Crippen molar-refractivity contribution in [3.05, 3.63) is 71.9 Å². The Balaban J connectivity index is 1.75. The molecular weight excluding hydrogens is 388 g/mol. The molecule has 3 aromatic rings. The van der Waals surface area contributed by atoms with Crippen LogP contribution in [0.3, 0.4) is 0 Å². The zero-order valence-electron chi connectivity index (χ0n) is 17.9. The van der Waals surface area contributed by atoms with Crippen molar-refractivity contribution in [1.82, 2.24) is 4.98 Å². The summed E-state index contributed by atoms with van der Waals surface area (Å²) in [7, 11) is 0. The molecule has 6 nitrogen and oxygen atoms in total. The zero-order chi connectivity index (χ0) is 22.1. The lowest BCUT2D eigenvalue weighted by Crippen LogP contribution is -2.43. The number of nitrogen functional groups attached to an aromatic ring is 1. The van der Waals surface area contributed by atoms with Gasteiger partial charge in [-0.1, -0.05) is 30.3 Å². The maximum Gasteiger partial charge on any atom is 0.224 e. The number of nitrogens with two attached hydrogens (primary N) is 1. The van der Waals surface area contributed by atoms with Crippen LogP contribution in [0.2, 0.25) is 0 Å². The second-order valence-corrected chi connectivity index (χ2v) is 8.05. The molecule has 1 aliphatic rings. The van der Waals surface area contributed by atoms with Crippen molar-refractivity contribution < 1.29 is 9.59 Å². The van der Waals surface area contributed by atoms with E-state index in [1.54, 1.807) is 20.0 Å². The Hall–Kier alpha value is -3.67. The first kappa shape index (κ1) is 20.6. The number of hydrogen-bond acceptors (Lipinski definition) is 5. The number of carbonyl (C=O) groups is 2. The molecule has 1 amide bonds. The number of nitrogens with zero attached hydrogens (tertiary/aromatic N) is 2. The topological polar surface area (TPSA) is 88.3 Å². The van der Waals surface area contributed by atoms with Crippen LogP contribution >= 0.6 is 0 Å². The minimum atomic E-state index is -0.00633. The average Bonchev–Trinajstić information content (AvgIpc) is 2.75. The predicted octanol–water partition coefficient (Wildman–Crippen LogP) is 4.83. The fraction of sp³-hybridized carbons (Fsp3) is 0.240. The third kappa shape index (κ3) is 4.14. The fourth-order valence-electron chi connectivity index (χ4n) is 4.23. The highest BCUT2D eigenvalue weighted by molar-refractivity contribution is 5.95. The summed E-state index contributed by atoms with van der Waals surface area (Å²) >= 11 is 0. The highest BCUT2D eigenvalue weighted by Crippen LogP contribution is 2.41. The molecule has 0 saturated carbocycles. The number of fused-ring (bicyclic) bond motifs is 1. The Morgan fingerprint density at radius 1 is 1.03 bits per heavy atom. The molecular formula is C25H26N4O2. The zero-order valence-corrected chi connectivity index (χ0v) is 17.9. The Bertz CT molecular complexity index is 1120. The van der Waals surface area contributed by atoms with Crippen molar-refractivity contribution in [1.29, 1.82) is 0 Å². The first-order valence-corrected chi connectivity index (χ1v) is 10.4. The van der Waals surface area contributed by atoms with Gasteiger partial charge in [0, 0.05) is 24.2 Å². The van der Waals surface area contributed by atoms with E-state index in [0.29, 0.717) is 11.3 Å². The van der Waals surface area contributed by atoms with E-state index in [0.717, 1.165) is 34.6 Å². The number of pyridine rings is 1. The molecule has 2 heterocycles. The van der Waals surface area contributed by atoms with Gasteiger partial charge in [0.15, 0.2) is 5.78 Å². The van der Waals surface area contributed by atoms with Crippen molar-refractivity contribution in [2.45, 2.75) is 39.3 Å². The van der Waals surface area contributed by atoms with Gasteiger partial charge >= 0.3 is 0 Å². The van der Waals surface area contributed by atoms with E-state index >= 15 is 0 Å². The van der Waals surface area contributed by atoms with Crippen LogP contribution in [-0.2, 0) is 4.79 Å². The molecule has 0 spiro atoms. The smallest absolute Gasteiger partial charge is 0.224 e. The Morgan fingerprint density at radius 2 is 1.74 bits per heavy atom. The summed E-state index contributed by atoms with van der Waals surface area (Å²) in [5.74, 6) is 0.810. The summed E-state index contributed by atoms with van der Waals surface area (Å²) in [6.07, 6.45) is 2.38. The van der Waals surface area contributed by atoms with E-state index in [2.05, 4.69) is 23.3 Å². The number of amides is 1. The molecule has 0 fully saturated rings. The standard InChI is InChI=1S/C25H26N4O2/c1-15-12-23(28-25-11-9-21(26)14-27-25)22-13-20(8-10-24(22)29(15)17(3)31)19-6-4-18(5-7-19)16(2)30/h4-11,13-15,23H,12,26H2,1-3H3,(H,27,28)/t15-,23+/m0/s1. The molecule has 3 N–H and O–H groups in total. The lowest BCUT2D eigenvalue weighted by molar-refractivity contribution is -0.117. The molecule has 0 radical (unpaired) electrons. The normalized spacial score (nSPS) is 17.7. The maximum atomic E-state index is 12.4. The number of rotatable bonds is 4. The number of carbonyl (C=O) groups excluding carboxylic acids is 2. The van der Waals surface area contributed by atoms with Gasteiger partial charge in [0.2, 0.25) is 5.91 Å². The van der Waals surface area contributed by atoms with Crippen molar-refractivity contribution in [2.75, 3.05) is 16.0 Å². The second-order valence-electron chi connectivity index (χ2n) is 8.05. The number of aromatic nitrogens is 1. The number of benzene rings is 2. The summed E-state index contributed by atoms with van der Waals surface area (Å²) < 4.78 is 0. The quantitative estimate of drug-likeness (QED) is 0.597. The molecule has 31 heavy (non-hydrogen) atoms. The van der Waals surface area contributed by atoms with Gasteiger partial charge < -0.3 is 16.0 Å². The van der Waals surface area contributed by atoms with Crippen LogP contribution in [0.15, 0.2) is 60.8 Å². The van der Waals surface area contributed by atoms with Crippen LogP contribution in [0.5, 0.6) is 0 Å². The molecule has 0 unspecified atom stereocenters. The maximum absolute atomic E-state index is 12.4. The van der Waals surface area contributed by atoms with Gasteiger partial charge in [0.05, 0.1) is 17.9 Å². The second kappa shape index (κ2) is 8.22. The summed E-state index contributed by atoms with van der Waals surface area (Å²) in [4.78, 5) is 30.2. The molecule has 1 aliphatic heterocycles. The minimum Gasteiger partial charge on any atom is -0.397 e. The summed E-state index contributed by atoms with van der Waals surface area (Å²) in [6.45, 7) is 5.22. The van der Waals surface area contributed by atoms with Crippen LogP contribution in [0.1, 0.15) is 49.2 Å². The number of anilines is 3. The van der Waals surface area contributed by atoms with Crippen LogP contribution in [0, 0.1) is 0 Å². The molecule has 0 aliphatic carbocycles. The lowest BCUT2D eigenvalue weighted by atomic mass is 9.89. The van der Waals surface area contributed by atoms with Crippen molar-refractivity contribution >= 4 is 28.9 Å². The molecule has 2 atom stereocenters. The van der Waals surface area contributed by atoms with E-state index in [1.165, 1.54) is 0 Å². The number of hydrogen-bond donors (Lipinski definition) is 2. The van der Waals surface area contributed by atoms with Gasteiger partial charge in [-0.05, 0) is 61.2 Å². The average molecular weight is 415 g/mol. The van der Waals surface area contributed by atoms with Crippen molar-refractivity contribution in [3.63, 3.8) is 0 Å². The highest BCUT2D eigenvalue weighted by Gasteiger charge is 2.32. The third-order valence-electron chi connectivity index (χ3n) is 5.75. The van der Waals surface area contributed by atoms with Gasteiger partial charge in [-0.2, -0.15) is 0 Å². The molecule has 2 aromatic carbocycles. The SMILES string of the molecule is CC(=O)c1ccc(-c2ccc3c(c2)[C@H](Nc2ccc(N)cn2)C[C@H](C)N3C(C)=O)cc1. The van der Waals surface area contributed by atoms with Crippen LogP contribution in [-0.4, -0.2) is 22.7 Å². The van der Waals surface area contributed by atoms with Gasteiger partial charge in [-0.15, -0.1) is 0 Å². The molecule has 4 rings (SSSR count). The summed E-state index contributed by atoms with van der Waals surface area (Å²) in [6, 6.07) is 17.5. The van der Waals surface area contributed by atoms with Crippen molar-refractivity contribution in [2.24, 2.45) is 0 Å². The first-order chi connectivity index (χ1) is 14.8. The molecule has 0 bridgehead atoms. The molecule has 158 valence electrons. The fourth-order valence-corrected chi connectivity index (χ4v) is 4.23. The van der Waals surface area contributed by atoms with E-state index in [4.69, 9.17) is 5.73 Å². The van der Waals surface area contributed by atoms with Gasteiger partial charge in [0.1, 0.15) is 5.82 Å². The van der Waals surface area contributed by atoms with E-state index in [9.17, 15) is 9.59 Å². The van der Waals surface area contributed by atoms with Crippen molar-refractivity contribution in [3.8, 4) is 11.1 Å². The van der Waals surface area contributed by atoms with Crippen LogP contribution in [0.4, 0.5) is 17.2 Å². The highest BCUT2D eigenvalue weighted by atomic mass is 16.2. The van der Waals surface area contributed by atoms with Gasteiger partial charge in [0.25, 0.3) is 0 Å². The third-order valence-corrected chi connectivity index (χ3v) is 5.75.